The summed E-state index contributed by atoms with van der Waals surface area (Å²) in [6.45, 7) is 11.8. The minimum Gasteiger partial charge on any atom is -0.508 e. The fourth-order valence-corrected chi connectivity index (χ4v) is 1.07. The molecule has 0 amide bonds. The molecule has 0 unspecified atom stereocenters. The molecule has 0 radical (unpaired) electrons. The fraction of sp³-hybridized carbons (Fsp3) is 0.200. The Morgan fingerprint density at radius 2 is 1.59 bits per heavy atom. The lowest BCUT2D eigenvalue weighted by atomic mass is 10.1. The van der Waals surface area contributed by atoms with Crippen LogP contribution in [0.25, 0.3) is 0 Å². The molecule has 0 atom stereocenters. The van der Waals surface area contributed by atoms with Gasteiger partial charge in [0.1, 0.15) is 5.75 Å². The third-order valence-electron chi connectivity index (χ3n) is 1.83. The van der Waals surface area contributed by atoms with Gasteiger partial charge in [0.15, 0.2) is 0 Å². The number of ether oxygens (including phenoxy) is 1. The van der Waals surface area contributed by atoms with Gasteiger partial charge >= 0.3 is 0 Å². The number of phenols is 1. The molecule has 0 heterocycles. The highest BCUT2D eigenvalue weighted by Gasteiger charge is 1.93. The number of aromatic hydroxyl groups is 1. The third kappa shape index (κ3) is 8.05. The van der Waals surface area contributed by atoms with Crippen LogP contribution in [0.3, 0.4) is 0 Å². The van der Waals surface area contributed by atoms with Gasteiger partial charge in [-0.15, -0.1) is 19.7 Å². The minimum atomic E-state index is 0.349. The van der Waals surface area contributed by atoms with Crippen molar-refractivity contribution in [3.63, 3.8) is 0 Å². The summed E-state index contributed by atoms with van der Waals surface area (Å²) in [7, 11) is 0. The van der Waals surface area contributed by atoms with Gasteiger partial charge < -0.3 is 9.84 Å². The molecule has 92 valence electrons. The molecule has 0 bridgehead atoms. The van der Waals surface area contributed by atoms with Crippen molar-refractivity contribution in [2.75, 3.05) is 13.2 Å². The van der Waals surface area contributed by atoms with Gasteiger partial charge in [-0.05, 0) is 18.1 Å². The van der Waals surface area contributed by atoms with E-state index in [1.165, 1.54) is 0 Å². The number of phenolic OH excluding ortho intramolecular Hbond substituents is 1. The second-order valence-electron chi connectivity index (χ2n) is 3.24. The molecule has 1 aromatic carbocycles. The Morgan fingerprint density at radius 1 is 1.00 bits per heavy atom. The highest BCUT2D eigenvalue weighted by atomic mass is 16.5. The second-order valence-corrected chi connectivity index (χ2v) is 3.24. The number of hydrogen-bond donors (Lipinski definition) is 1. The van der Waals surface area contributed by atoms with Crippen LogP contribution >= 0.6 is 0 Å². The summed E-state index contributed by atoms with van der Waals surface area (Å²) in [6.07, 6.45) is 5.93. The average molecular weight is 232 g/mol. The molecule has 0 aliphatic carbocycles. The monoisotopic (exact) mass is 232 g/mol. The lowest BCUT2D eigenvalue weighted by molar-refractivity contribution is 0.194. The molecule has 1 rings (SSSR count). The molecule has 0 spiro atoms. The summed E-state index contributed by atoms with van der Waals surface area (Å²) in [6, 6.07) is 7.27. The van der Waals surface area contributed by atoms with E-state index in [4.69, 9.17) is 4.74 Å². The molecule has 0 fully saturated rings. The predicted octanol–water partition coefficient (Wildman–Crippen LogP) is 3.50. The van der Waals surface area contributed by atoms with E-state index in [1.807, 2.05) is 18.2 Å². The molecular formula is C15H20O2. The number of hydrogen-bond acceptors (Lipinski definition) is 2. The first kappa shape index (κ1) is 15.2. The molecule has 0 aromatic heterocycles. The minimum absolute atomic E-state index is 0.349. The zero-order chi connectivity index (χ0) is 12.9. The van der Waals surface area contributed by atoms with Gasteiger partial charge in [0.2, 0.25) is 0 Å². The Balaban J connectivity index is 0.000000325. The van der Waals surface area contributed by atoms with E-state index in [-0.39, 0.29) is 0 Å². The average Bonchev–Trinajstić information content (AvgIpc) is 2.34. The number of allylic oxidation sites excluding steroid dienone is 1. The Hall–Kier alpha value is -1.80. The summed E-state index contributed by atoms with van der Waals surface area (Å²) in [5, 5.41) is 9.19. The summed E-state index contributed by atoms with van der Waals surface area (Å²) in [5.41, 5.74) is 0.928. The van der Waals surface area contributed by atoms with Crippen LogP contribution in [0.5, 0.6) is 5.75 Å². The summed E-state index contributed by atoms with van der Waals surface area (Å²) in [5.74, 6) is 0.349. The fourth-order valence-electron chi connectivity index (χ4n) is 1.07. The first-order valence-electron chi connectivity index (χ1n) is 5.43. The zero-order valence-corrected chi connectivity index (χ0v) is 10.1. The van der Waals surface area contributed by atoms with Gasteiger partial charge in [0.25, 0.3) is 0 Å². The first-order chi connectivity index (χ1) is 8.26. The molecule has 1 aromatic rings. The molecule has 0 aliphatic rings. The third-order valence-corrected chi connectivity index (χ3v) is 1.83. The zero-order valence-electron chi connectivity index (χ0n) is 10.1. The summed E-state index contributed by atoms with van der Waals surface area (Å²) < 4.78 is 4.90. The molecule has 17 heavy (non-hydrogen) atoms. The van der Waals surface area contributed by atoms with Gasteiger partial charge in [-0.25, -0.2) is 0 Å². The van der Waals surface area contributed by atoms with Gasteiger partial charge in [0, 0.05) is 0 Å². The van der Waals surface area contributed by atoms with Crippen molar-refractivity contribution in [1.29, 1.82) is 0 Å². The Bertz CT molecular complexity index is 335. The van der Waals surface area contributed by atoms with Crippen molar-refractivity contribution in [3.8, 4) is 5.75 Å². The van der Waals surface area contributed by atoms with E-state index in [0.717, 1.165) is 12.0 Å². The highest BCUT2D eigenvalue weighted by Crippen LogP contribution is 2.15. The summed E-state index contributed by atoms with van der Waals surface area (Å²) >= 11 is 0. The van der Waals surface area contributed by atoms with Crippen LogP contribution in [0.1, 0.15) is 5.56 Å². The quantitative estimate of drug-likeness (QED) is 0.601. The molecule has 0 saturated carbocycles. The molecule has 0 saturated heterocycles. The van der Waals surface area contributed by atoms with Crippen molar-refractivity contribution >= 4 is 0 Å². The summed E-state index contributed by atoms with van der Waals surface area (Å²) in [4.78, 5) is 0. The maximum Gasteiger partial charge on any atom is 0.119 e. The van der Waals surface area contributed by atoms with Crippen molar-refractivity contribution in [2.24, 2.45) is 0 Å². The molecule has 1 N–H and O–H groups in total. The van der Waals surface area contributed by atoms with E-state index in [9.17, 15) is 5.11 Å². The highest BCUT2D eigenvalue weighted by molar-refractivity contribution is 5.32. The van der Waals surface area contributed by atoms with Crippen LogP contribution in [0.4, 0.5) is 0 Å². The van der Waals surface area contributed by atoms with Gasteiger partial charge in [0.05, 0.1) is 13.2 Å². The maximum absolute atomic E-state index is 9.19. The standard InChI is InChI=1S/C9H10O.C6H10O/c1-2-5-8-6-3-4-7-9(8)10;1-3-5-7-6-4-2/h2-4,6-7,10H,1,5H2;3-4H,1-2,5-6H2. The smallest absolute Gasteiger partial charge is 0.119 e. The Morgan fingerprint density at radius 3 is 2.06 bits per heavy atom. The maximum atomic E-state index is 9.19. The van der Waals surface area contributed by atoms with Gasteiger partial charge in [-0.1, -0.05) is 36.4 Å². The van der Waals surface area contributed by atoms with Crippen molar-refractivity contribution in [1.82, 2.24) is 0 Å². The Labute approximate surface area is 104 Å². The van der Waals surface area contributed by atoms with Crippen LogP contribution in [0.15, 0.2) is 62.2 Å². The van der Waals surface area contributed by atoms with Crippen LogP contribution < -0.4 is 0 Å². The molecule has 0 aliphatic heterocycles. The molecular weight excluding hydrogens is 212 g/mol. The van der Waals surface area contributed by atoms with E-state index in [2.05, 4.69) is 19.7 Å². The van der Waals surface area contributed by atoms with Crippen LogP contribution in [0.2, 0.25) is 0 Å². The van der Waals surface area contributed by atoms with Gasteiger partial charge in [-0.2, -0.15) is 0 Å². The van der Waals surface area contributed by atoms with Gasteiger partial charge in [-0.3, -0.25) is 0 Å². The SMILES string of the molecule is C=CCOCC=C.C=CCc1ccccc1O. The van der Waals surface area contributed by atoms with Crippen LogP contribution in [0, 0.1) is 0 Å². The lowest BCUT2D eigenvalue weighted by Gasteiger charge is -1.97. The van der Waals surface area contributed by atoms with Crippen molar-refractivity contribution < 1.29 is 9.84 Å². The van der Waals surface area contributed by atoms with Crippen LogP contribution in [-0.2, 0) is 11.2 Å². The lowest BCUT2D eigenvalue weighted by Crippen LogP contribution is -1.87. The Kier molecular flexibility index (Phi) is 9.58. The molecule has 2 nitrogen and oxygen atoms in total. The van der Waals surface area contributed by atoms with E-state index < -0.39 is 0 Å². The number of benzene rings is 1. The normalized spacial score (nSPS) is 8.71. The van der Waals surface area contributed by atoms with Crippen molar-refractivity contribution in [2.45, 2.75) is 6.42 Å². The topological polar surface area (TPSA) is 29.5 Å². The van der Waals surface area contributed by atoms with Crippen LogP contribution in [-0.4, -0.2) is 18.3 Å². The predicted molar refractivity (Wildman–Crippen MR) is 73.2 cm³/mol. The largest absolute Gasteiger partial charge is 0.508 e. The number of para-hydroxylation sites is 1. The van der Waals surface area contributed by atoms with E-state index >= 15 is 0 Å². The van der Waals surface area contributed by atoms with Crippen molar-refractivity contribution in [3.05, 3.63) is 67.8 Å². The van der Waals surface area contributed by atoms with E-state index in [0.29, 0.717) is 19.0 Å². The molecule has 2 heteroatoms. The van der Waals surface area contributed by atoms with E-state index in [1.54, 1.807) is 24.3 Å². The number of rotatable bonds is 6. The second kappa shape index (κ2) is 10.7. The first-order valence-corrected chi connectivity index (χ1v) is 5.43.